The second-order valence-corrected chi connectivity index (χ2v) is 9.52. The molecule has 1 saturated heterocycles. The molecule has 1 amide bonds. The predicted octanol–water partition coefficient (Wildman–Crippen LogP) is 2.25. The Bertz CT molecular complexity index is 1520. The van der Waals surface area contributed by atoms with Crippen LogP contribution in [-0.2, 0) is 21.4 Å². The van der Waals surface area contributed by atoms with Crippen LogP contribution in [0.2, 0.25) is 0 Å². The van der Waals surface area contributed by atoms with Gasteiger partial charge in [0.2, 0.25) is 0 Å². The van der Waals surface area contributed by atoms with Gasteiger partial charge >= 0.3 is 11.9 Å². The summed E-state index contributed by atoms with van der Waals surface area (Å²) in [6.45, 7) is 4.49. The minimum Gasteiger partial charge on any atom is -0.495 e. The molecule has 3 N–H and O–H groups in total. The van der Waals surface area contributed by atoms with E-state index in [1.807, 2.05) is 67.5 Å². The Hall–Kier alpha value is -4.51. The topological polar surface area (TPSA) is 137 Å². The quantitative estimate of drug-likeness (QED) is 0.303. The van der Waals surface area contributed by atoms with Crippen LogP contribution in [-0.4, -0.2) is 63.6 Å². The highest BCUT2D eigenvalue weighted by molar-refractivity contribution is 6.31. The lowest BCUT2D eigenvalue weighted by atomic mass is 10.0. The Kier molecular flexibility index (Phi) is 6.45. The van der Waals surface area contributed by atoms with Crippen LogP contribution in [0.25, 0.3) is 33.4 Å². The van der Waals surface area contributed by atoms with Gasteiger partial charge in [0.05, 0.1) is 30.6 Å². The molecule has 0 bridgehead atoms. The van der Waals surface area contributed by atoms with E-state index in [9.17, 15) is 9.59 Å². The van der Waals surface area contributed by atoms with E-state index < -0.39 is 17.6 Å². The summed E-state index contributed by atoms with van der Waals surface area (Å²) in [5.41, 5.74) is 8.63. The van der Waals surface area contributed by atoms with Gasteiger partial charge in [-0.1, -0.05) is 30.3 Å². The maximum absolute atomic E-state index is 12.2. The van der Waals surface area contributed by atoms with E-state index in [0.717, 1.165) is 22.2 Å². The number of hydrogen-bond donors (Lipinski definition) is 2. The molecule has 2 unspecified atom stereocenters. The molecule has 196 valence electrons. The van der Waals surface area contributed by atoms with E-state index in [2.05, 4.69) is 15.3 Å². The van der Waals surface area contributed by atoms with E-state index in [1.54, 1.807) is 18.7 Å². The summed E-state index contributed by atoms with van der Waals surface area (Å²) in [6.07, 6.45) is 3.45. The Labute approximate surface area is 219 Å². The summed E-state index contributed by atoms with van der Waals surface area (Å²) in [6, 6.07) is 13.7. The molecule has 2 aromatic carbocycles. The van der Waals surface area contributed by atoms with Crippen LogP contribution in [0.5, 0.6) is 5.75 Å². The first kappa shape index (κ1) is 25.2. The van der Waals surface area contributed by atoms with Crippen LogP contribution in [0.3, 0.4) is 0 Å². The first-order chi connectivity index (χ1) is 18.2. The van der Waals surface area contributed by atoms with Gasteiger partial charge in [-0.15, -0.1) is 0 Å². The average molecular weight is 516 g/mol. The van der Waals surface area contributed by atoms with Crippen molar-refractivity contribution in [1.29, 1.82) is 0 Å². The Morgan fingerprint density at radius 1 is 1.16 bits per heavy atom. The van der Waals surface area contributed by atoms with Gasteiger partial charge < -0.3 is 25.4 Å². The summed E-state index contributed by atoms with van der Waals surface area (Å²) in [5.74, 6) is -1.73. The zero-order valence-electron chi connectivity index (χ0n) is 21.6. The number of methoxy groups -OCH3 is 1. The number of carbonyl (C=O) groups excluding carboxylic acids is 2. The first-order valence-electron chi connectivity index (χ1n) is 12.2. The highest BCUT2D eigenvalue weighted by Crippen LogP contribution is 2.41. The van der Waals surface area contributed by atoms with Crippen molar-refractivity contribution in [2.45, 2.75) is 25.6 Å². The van der Waals surface area contributed by atoms with Crippen molar-refractivity contribution in [3.63, 3.8) is 0 Å². The van der Waals surface area contributed by atoms with Gasteiger partial charge in [-0.2, -0.15) is 5.10 Å². The highest BCUT2D eigenvalue weighted by Gasteiger charge is 2.42. The summed E-state index contributed by atoms with van der Waals surface area (Å²) in [7, 11) is 3.44. The van der Waals surface area contributed by atoms with Gasteiger partial charge in [0, 0.05) is 48.4 Å². The number of carbonyl (C=O) groups is 2. The number of aryl methyl sites for hydroxylation is 1. The Morgan fingerprint density at radius 3 is 2.63 bits per heavy atom. The van der Waals surface area contributed by atoms with Crippen molar-refractivity contribution in [3.05, 3.63) is 55.0 Å². The van der Waals surface area contributed by atoms with E-state index in [4.69, 9.17) is 20.3 Å². The number of hydrogen-bond acceptors (Lipinski definition) is 9. The van der Waals surface area contributed by atoms with Gasteiger partial charge in [-0.25, -0.2) is 14.8 Å². The number of aromatic nitrogens is 4. The van der Waals surface area contributed by atoms with E-state index in [0.29, 0.717) is 29.2 Å². The van der Waals surface area contributed by atoms with E-state index >= 15 is 0 Å². The molecule has 1 aliphatic rings. The monoisotopic (exact) mass is 515 g/mol. The minimum atomic E-state index is -1.21. The Balaban J connectivity index is 1.70. The van der Waals surface area contributed by atoms with Crippen LogP contribution >= 0.6 is 0 Å². The highest BCUT2D eigenvalue weighted by atomic mass is 16.6. The maximum Gasteiger partial charge on any atom is 0.398 e. The number of rotatable bonds is 5. The fourth-order valence-corrected chi connectivity index (χ4v) is 4.82. The number of piperazine rings is 1. The van der Waals surface area contributed by atoms with Crippen molar-refractivity contribution < 1.29 is 19.1 Å². The molecule has 11 nitrogen and oxygen atoms in total. The molecule has 0 aliphatic carbocycles. The van der Waals surface area contributed by atoms with E-state index in [-0.39, 0.29) is 12.6 Å². The SMILES string of the molecule is COc1cc2ncnc(-c3cn(C)nc3-c3ccccc3)c2cc1N1CC(C)NCC1(C)OC(=O)C(N)=O. The lowest BCUT2D eigenvalue weighted by molar-refractivity contribution is -0.165. The number of nitrogens with zero attached hydrogens (tertiary/aromatic N) is 5. The number of nitrogens with two attached hydrogens (primary N) is 1. The van der Waals surface area contributed by atoms with Crippen molar-refractivity contribution >= 4 is 28.5 Å². The predicted molar refractivity (Wildman–Crippen MR) is 142 cm³/mol. The molecule has 4 aromatic rings. The molecule has 5 rings (SSSR count). The lowest BCUT2D eigenvalue weighted by Crippen LogP contribution is -2.65. The van der Waals surface area contributed by atoms with Crippen molar-refractivity contribution in [2.75, 3.05) is 25.1 Å². The molecule has 0 saturated carbocycles. The molecule has 3 heterocycles. The summed E-state index contributed by atoms with van der Waals surface area (Å²) in [5, 5.41) is 8.78. The lowest BCUT2D eigenvalue weighted by Gasteiger charge is -2.47. The zero-order chi connectivity index (χ0) is 27.0. The number of ether oxygens (including phenoxy) is 2. The molecule has 1 fully saturated rings. The van der Waals surface area contributed by atoms with Crippen LogP contribution in [0.1, 0.15) is 13.8 Å². The first-order valence-corrected chi connectivity index (χ1v) is 12.2. The minimum absolute atomic E-state index is 0.0604. The second-order valence-electron chi connectivity index (χ2n) is 9.52. The second kappa shape index (κ2) is 9.75. The van der Waals surface area contributed by atoms with Crippen molar-refractivity contribution in [2.24, 2.45) is 12.8 Å². The molecule has 38 heavy (non-hydrogen) atoms. The van der Waals surface area contributed by atoms with Gasteiger partial charge in [0.1, 0.15) is 17.8 Å². The normalized spacial score (nSPS) is 19.4. The van der Waals surface area contributed by atoms with Crippen LogP contribution in [0.4, 0.5) is 5.69 Å². The largest absolute Gasteiger partial charge is 0.495 e. The number of amides is 1. The standard InChI is InChI=1S/C27H29N7O4/c1-16-12-34(27(2,14-29-16)38-26(36)25(28)35)21-10-18-20(11-22(21)37-4)30-15-31-24(18)19-13-33(3)32-23(19)17-8-6-5-7-9-17/h5-11,13,15-16,29H,12,14H2,1-4H3,(H2,28,35). The van der Waals surface area contributed by atoms with Gasteiger partial charge in [-0.05, 0) is 19.9 Å². The number of nitrogens with one attached hydrogen (secondary N) is 1. The zero-order valence-corrected chi connectivity index (χ0v) is 21.6. The summed E-state index contributed by atoms with van der Waals surface area (Å²) < 4.78 is 13.1. The van der Waals surface area contributed by atoms with Gasteiger partial charge in [-0.3, -0.25) is 9.48 Å². The van der Waals surface area contributed by atoms with E-state index in [1.165, 1.54) is 6.33 Å². The molecule has 1 aliphatic heterocycles. The molecule has 2 aromatic heterocycles. The third-order valence-electron chi connectivity index (χ3n) is 6.68. The van der Waals surface area contributed by atoms with Crippen LogP contribution < -0.4 is 20.7 Å². The Morgan fingerprint density at radius 2 is 1.92 bits per heavy atom. The number of fused-ring (bicyclic) bond motifs is 1. The van der Waals surface area contributed by atoms with Crippen molar-refractivity contribution in [1.82, 2.24) is 25.1 Å². The average Bonchev–Trinajstić information content (AvgIpc) is 3.30. The number of benzene rings is 2. The van der Waals surface area contributed by atoms with Crippen LogP contribution in [0, 0.1) is 0 Å². The third-order valence-corrected chi connectivity index (χ3v) is 6.68. The summed E-state index contributed by atoms with van der Waals surface area (Å²) in [4.78, 5) is 34.8. The fourth-order valence-electron chi connectivity index (χ4n) is 4.82. The molecule has 0 radical (unpaired) electrons. The molecule has 2 atom stereocenters. The number of esters is 1. The fraction of sp³-hybridized carbons (Fsp3) is 0.296. The van der Waals surface area contributed by atoms with Crippen molar-refractivity contribution in [3.8, 4) is 28.3 Å². The van der Waals surface area contributed by atoms with Gasteiger partial charge in [0.25, 0.3) is 0 Å². The molecule has 11 heteroatoms. The number of anilines is 1. The summed E-state index contributed by atoms with van der Waals surface area (Å²) >= 11 is 0. The number of primary amides is 1. The molecular weight excluding hydrogens is 486 g/mol. The smallest absolute Gasteiger partial charge is 0.398 e. The maximum atomic E-state index is 12.2. The molecular formula is C27H29N7O4. The third kappa shape index (κ3) is 4.52. The van der Waals surface area contributed by atoms with Crippen LogP contribution in [0.15, 0.2) is 55.0 Å². The molecule has 0 spiro atoms. The van der Waals surface area contributed by atoms with Gasteiger partial charge in [0.15, 0.2) is 5.72 Å².